The second kappa shape index (κ2) is 5.81. The highest BCUT2D eigenvalue weighted by Gasteiger charge is 2.41. The van der Waals surface area contributed by atoms with Crippen molar-refractivity contribution >= 4 is 5.91 Å². The molecule has 0 radical (unpaired) electrons. The summed E-state index contributed by atoms with van der Waals surface area (Å²) in [5, 5.41) is 15.0. The number of β-amino-alcohol motifs (C(OH)–C–C–N with tert-alkyl or cyclic N) is 1. The average Bonchev–Trinajstić information content (AvgIpc) is 3.11. The van der Waals surface area contributed by atoms with Crippen LogP contribution in [-0.2, 0) is 12.0 Å². The largest absolute Gasteiger partial charge is 0.383 e. The molecule has 1 aliphatic rings. The van der Waals surface area contributed by atoms with E-state index in [1.807, 2.05) is 38.1 Å². The Hall–Kier alpha value is -2.14. The molecule has 5 heteroatoms. The molecule has 23 heavy (non-hydrogen) atoms. The summed E-state index contributed by atoms with van der Waals surface area (Å²) in [6.45, 7) is 6.50. The Kier molecular flexibility index (Phi) is 3.98. The molecule has 1 aromatic heterocycles. The minimum Gasteiger partial charge on any atom is -0.383 e. The third-order valence-electron chi connectivity index (χ3n) is 4.66. The molecule has 1 atom stereocenters. The van der Waals surface area contributed by atoms with Crippen LogP contribution in [0.25, 0.3) is 0 Å². The van der Waals surface area contributed by atoms with Crippen LogP contribution < -0.4 is 0 Å². The van der Waals surface area contributed by atoms with Gasteiger partial charge in [-0.05, 0) is 37.8 Å². The van der Waals surface area contributed by atoms with Crippen molar-refractivity contribution in [2.75, 3.05) is 13.1 Å². The number of hydrogen-bond acceptors (Lipinski definition) is 4. The zero-order valence-corrected chi connectivity index (χ0v) is 13.8. The molecular formula is C18H22N2O3. The lowest BCUT2D eigenvalue weighted by molar-refractivity contribution is 0.0411. The van der Waals surface area contributed by atoms with Crippen LogP contribution in [0.4, 0.5) is 0 Å². The second-order valence-corrected chi connectivity index (χ2v) is 6.24. The Balaban J connectivity index is 1.86. The number of hydrogen-bond donors (Lipinski definition) is 1. The molecule has 122 valence electrons. The SMILES string of the molecule is CCc1noc(C)c1C(=O)N1CC[C@@](O)(c2ccccc2C)C1. The number of aliphatic hydroxyl groups is 1. The molecule has 1 amide bonds. The monoisotopic (exact) mass is 314 g/mol. The van der Waals surface area contributed by atoms with Gasteiger partial charge in [-0.2, -0.15) is 0 Å². The number of nitrogens with zero attached hydrogens (tertiary/aromatic N) is 2. The maximum absolute atomic E-state index is 12.8. The van der Waals surface area contributed by atoms with E-state index in [4.69, 9.17) is 4.52 Å². The van der Waals surface area contributed by atoms with Crippen molar-refractivity contribution < 1.29 is 14.4 Å². The molecule has 2 aromatic rings. The summed E-state index contributed by atoms with van der Waals surface area (Å²) in [5.41, 5.74) is 2.17. The molecule has 1 aliphatic heterocycles. The number of carbonyl (C=O) groups excluding carboxylic acids is 1. The van der Waals surface area contributed by atoms with E-state index in [0.29, 0.717) is 42.9 Å². The summed E-state index contributed by atoms with van der Waals surface area (Å²) >= 11 is 0. The molecule has 1 saturated heterocycles. The van der Waals surface area contributed by atoms with E-state index in [1.54, 1.807) is 11.8 Å². The lowest BCUT2D eigenvalue weighted by Gasteiger charge is -2.25. The molecule has 0 aliphatic carbocycles. The summed E-state index contributed by atoms with van der Waals surface area (Å²) < 4.78 is 5.16. The normalized spacial score (nSPS) is 21.0. The van der Waals surface area contributed by atoms with E-state index in [0.717, 1.165) is 11.1 Å². The number of amides is 1. The Morgan fingerprint density at radius 2 is 2.13 bits per heavy atom. The van der Waals surface area contributed by atoms with Gasteiger partial charge in [0.25, 0.3) is 5.91 Å². The summed E-state index contributed by atoms with van der Waals surface area (Å²) in [6, 6.07) is 7.79. The molecule has 0 unspecified atom stereocenters. The third-order valence-corrected chi connectivity index (χ3v) is 4.66. The maximum Gasteiger partial charge on any atom is 0.259 e. The molecule has 1 fully saturated rings. The van der Waals surface area contributed by atoms with E-state index < -0.39 is 5.60 Å². The highest BCUT2D eigenvalue weighted by atomic mass is 16.5. The van der Waals surface area contributed by atoms with Crippen molar-refractivity contribution in [3.05, 3.63) is 52.4 Å². The predicted molar refractivity (Wildman–Crippen MR) is 86.2 cm³/mol. The van der Waals surface area contributed by atoms with Crippen LogP contribution in [0.1, 0.15) is 46.3 Å². The molecule has 5 nitrogen and oxygen atoms in total. The van der Waals surface area contributed by atoms with Crippen molar-refractivity contribution in [2.24, 2.45) is 0 Å². The molecule has 2 heterocycles. The first-order valence-corrected chi connectivity index (χ1v) is 7.99. The van der Waals surface area contributed by atoms with Crippen molar-refractivity contribution in [3.8, 4) is 0 Å². The summed E-state index contributed by atoms with van der Waals surface area (Å²) in [6.07, 6.45) is 1.18. The van der Waals surface area contributed by atoms with Crippen molar-refractivity contribution in [2.45, 2.75) is 39.2 Å². The zero-order chi connectivity index (χ0) is 16.6. The number of likely N-dealkylation sites (tertiary alicyclic amines) is 1. The lowest BCUT2D eigenvalue weighted by atomic mass is 9.89. The minimum atomic E-state index is -0.988. The Morgan fingerprint density at radius 3 is 2.83 bits per heavy atom. The van der Waals surface area contributed by atoms with E-state index in [9.17, 15) is 9.90 Å². The molecule has 0 spiro atoms. The number of carbonyl (C=O) groups is 1. The van der Waals surface area contributed by atoms with Gasteiger partial charge in [-0.3, -0.25) is 4.79 Å². The van der Waals surface area contributed by atoms with Crippen LogP contribution in [0.15, 0.2) is 28.8 Å². The van der Waals surface area contributed by atoms with Crippen LogP contribution in [0, 0.1) is 13.8 Å². The molecule has 1 N–H and O–H groups in total. The smallest absolute Gasteiger partial charge is 0.259 e. The van der Waals surface area contributed by atoms with E-state index >= 15 is 0 Å². The quantitative estimate of drug-likeness (QED) is 0.945. The summed E-state index contributed by atoms with van der Waals surface area (Å²) in [5.74, 6) is 0.434. The van der Waals surface area contributed by atoms with Crippen LogP contribution >= 0.6 is 0 Å². The van der Waals surface area contributed by atoms with Gasteiger partial charge in [-0.15, -0.1) is 0 Å². The Bertz CT molecular complexity index is 738. The van der Waals surface area contributed by atoms with Crippen LogP contribution in [-0.4, -0.2) is 34.2 Å². The Morgan fingerprint density at radius 1 is 1.39 bits per heavy atom. The standard InChI is InChI=1S/C18H22N2O3/c1-4-15-16(13(3)23-19-15)17(21)20-10-9-18(22,11-20)14-8-6-5-7-12(14)2/h5-8,22H,4,9-11H2,1-3H3/t18-/m0/s1. The number of aryl methyl sites for hydroxylation is 3. The van der Waals surface area contributed by atoms with Crippen molar-refractivity contribution in [3.63, 3.8) is 0 Å². The molecular weight excluding hydrogens is 292 g/mol. The van der Waals surface area contributed by atoms with Gasteiger partial charge in [0.05, 0.1) is 12.2 Å². The van der Waals surface area contributed by atoms with Crippen molar-refractivity contribution in [1.29, 1.82) is 0 Å². The first-order valence-electron chi connectivity index (χ1n) is 7.99. The molecule has 1 aromatic carbocycles. The average molecular weight is 314 g/mol. The van der Waals surface area contributed by atoms with E-state index in [1.165, 1.54) is 0 Å². The first kappa shape index (κ1) is 15.7. The summed E-state index contributed by atoms with van der Waals surface area (Å²) in [4.78, 5) is 14.5. The number of benzene rings is 1. The highest BCUT2D eigenvalue weighted by molar-refractivity contribution is 5.96. The van der Waals surface area contributed by atoms with Gasteiger partial charge in [0, 0.05) is 6.54 Å². The van der Waals surface area contributed by atoms with Gasteiger partial charge in [-0.1, -0.05) is 36.3 Å². The molecule has 0 bridgehead atoms. The fourth-order valence-corrected chi connectivity index (χ4v) is 3.37. The Labute approximate surface area is 135 Å². The van der Waals surface area contributed by atoms with Gasteiger partial charge in [0.2, 0.25) is 0 Å². The van der Waals surface area contributed by atoms with Gasteiger partial charge in [0.15, 0.2) is 0 Å². The van der Waals surface area contributed by atoms with Crippen molar-refractivity contribution in [1.82, 2.24) is 10.1 Å². The van der Waals surface area contributed by atoms with Crippen LogP contribution in [0.3, 0.4) is 0 Å². The second-order valence-electron chi connectivity index (χ2n) is 6.24. The fraction of sp³-hybridized carbons (Fsp3) is 0.444. The van der Waals surface area contributed by atoms with Gasteiger partial charge < -0.3 is 14.5 Å². The molecule has 0 saturated carbocycles. The first-order chi connectivity index (χ1) is 11.0. The van der Waals surface area contributed by atoms with E-state index in [2.05, 4.69) is 5.16 Å². The maximum atomic E-state index is 12.8. The highest BCUT2D eigenvalue weighted by Crippen LogP contribution is 2.34. The van der Waals surface area contributed by atoms with E-state index in [-0.39, 0.29) is 5.91 Å². The molecule has 3 rings (SSSR count). The predicted octanol–water partition coefficient (Wildman–Crippen LogP) is 2.59. The van der Waals surface area contributed by atoms with Crippen LogP contribution in [0.2, 0.25) is 0 Å². The lowest BCUT2D eigenvalue weighted by Crippen LogP contribution is -2.35. The van der Waals surface area contributed by atoms with Crippen LogP contribution in [0.5, 0.6) is 0 Å². The third kappa shape index (κ3) is 2.65. The van der Waals surface area contributed by atoms with Gasteiger partial charge >= 0.3 is 0 Å². The fourth-order valence-electron chi connectivity index (χ4n) is 3.37. The topological polar surface area (TPSA) is 66.6 Å². The zero-order valence-electron chi connectivity index (χ0n) is 13.8. The number of rotatable bonds is 3. The number of aromatic nitrogens is 1. The summed E-state index contributed by atoms with van der Waals surface area (Å²) in [7, 11) is 0. The minimum absolute atomic E-state index is 0.106. The van der Waals surface area contributed by atoms with Gasteiger partial charge in [0.1, 0.15) is 16.9 Å². The van der Waals surface area contributed by atoms with Gasteiger partial charge in [-0.25, -0.2) is 0 Å².